The molecule has 0 unspecified atom stereocenters. The first-order valence-electron chi connectivity index (χ1n) is 8.02. The molecule has 0 saturated heterocycles. The van der Waals surface area contributed by atoms with E-state index in [1.807, 2.05) is 37.3 Å². The fourth-order valence-corrected chi connectivity index (χ4v) is 2.90. The van der Waals surface area contributed by atoms with Crippen LogP contribution < -0.4 is 10.9 Å². The molecule has 1 aromatic carbocycles. The third-order valence-corrected chi connectivity index (χ3v) is 4.21. The van der Waals surface area contributed by atoms with Gasteiger partial charge in [-0.2, -0.15) is 0 Å². The molecule has 0 radical (unpaired) electrons. The number of carbonyl (C=O) groups is 1. The van der Waals surface area contributed by atoms with Gasteiger partial charge in [-0.15, -0.1) is 0 Å². The number of para-hydroxylation sites is 1. The third-order valence-electron chi connectivity index (χ3n) is 4.21. The van der Waals surface area contributed by atoms with Gasteiger partial charge in [0.1, 0.15) is 5.69 Å². The topological polar surface area (TPSA) is 66.9 Å². The summed E-state index contributed by atoms with van der Waals surface area (Å²) in [5.74, 6) is -0.254. The van der Waals surface area contributed by atoms with E-state index in [1.54, 1.807) is 0 Å². The second-order valence-electron chi connectivity index (χ2n) is 5.90. The van der Waals surface area contributed by atoms with E-state index < -0.39 is 0 Å². The molecule has 0 fully saturated rings. The van der Waals surface area contributed by atoms with Crippen LogP contribution in [0.5, 0.6) is 0 Å². The standard InChI is InChI=1S/C18H21N3O2/c1-13(14-8-4-2-5-9-14)19-18(23)16-12-17(22)21(20-16)15-10-6-3-7-11-15/h3,6-8,10-13,20H,2,4-5,9H2,1H3,(H,19,23)/t13-/m0/s1. The fourth-order valence-electron chi connectivity index (χ4n) is 2.90. The van der Waals surface area contributed by atoms with Gasteiger partial charge < -0.3 is 5.32 Å². The highest BCUT2D eigenvalue weighted by molar-refractivity contribution is 5.92. The Morgan fingerprint density at radius 3 is 2.74 bits per heavy atom. The van der Waals surface area contributed by atoms with Crippen molar-refractivity contribution in [2.45, 2.75) is 38.6 Å². The Kier molecular flexibility index (Phi) is 4.46. The van der Waals surface area contributed by atoms with E-state index in [1.165, 1.54) is 29.2 Å². The Morgan fingerprint density at radius 1 is 1.26 bits per heavy atom. The summed E-state index contributed by atoms with van der Waals surface area (Å²) in [4.78, 5) is 24.4. The van der Waals surface area contributed by atoms with Crippen LogP contribution in [-0.4, -0.2) is 21.7 Å². The number of nitrogens with one attached hydrogen (secondary N) is 2. The minimum absolute atomic E-state index is 0.00798. The largest absolute Gasteiger partial charge is 0.345 e. The smallest absolute Gasteiger partial charge is 0.271 e. The molecule has 1 heterocycles. The molecule has 1 aromatic heterocycles. The predicted molar refractivity (Wildman–Crippen MR) is 89.9 cm³/mol. The van der Waals surface area contributed by atoms with Crippen LogP contribution in [-0.2, 0) is 0 Å². The van der Waals surface area contributed by atoms with Crippen LogP contribution in [0, 0.1) is 0 Å². The molecule has 3 rings (SSSR count). The lowest BCUT2D eigenvalue weighted by molar-refractivity contribution is 0.0939. The molecule has 1 amide bonds. The van der Waals surface area contributed by atoms with Crippen LogP contribution in [0.3, 0.4) is 0 Å². The summed E-state index contributed by atoms with van der Waals surface area (Å²) >= 11 is 0. The average molecular weight is 311 g/mol. The van der Waals surface area contributed by atoms with Crippen molar-refractivity contribution in [1.29, 1.82) is 0 Å². The molecular weight excluding hydrogens is 290 g/mol. The Labute approximate surface area is 135 Å². The summed E-state index contributed by atoms with van der Waals surface area (Å²) in [5.41, 5.74) is 2.02. The zero-order chi connectivity index (χ0) is 16.2. The van der Waals surface area contributed by atoms with E-state index in [0.29, 0.717) is 5.69 Å². The van der Waals surface area contributed by atoms with Crippen molar-refractivity contribution in [2.24, 2.45) is 0 Å². The van der Waals surface area contributed by atoms with Crippen LogP contribution in [0.4, 0.5) is 0 Å². The summed E-state index contributed by atoms with van der Waals surface area (Å²) in [5, 5.41) is 5.85. The summed E-state index contributed by atoms with van der Waals surface area (Å²) in [7, 11) is 0. The number of benzene rings is 1. The first-order valence-corrected chi connectivity index (χ1v) is 8.02. The number of aromatic nitrogens is 2. The number of hydrogen-bond acceptors (Lipinski definition) is 2. The van der Waals surface area contributed by atoms with Crippen molar-refractivity contribution in [3.8, 4) is 5.69 Å². The second kappa shape index (κ2) is 6.69. The van der Waals surface area contributed by atoms with Crippen molar-refractivity contribution in [3.05, 3.63) is 64.1 Å². The normalized spacial score (nSPS) is 15.8. The highest BCUT2D eigenvalue weighted by atomic mass is 16.2. The molecule has 5 heteroatoms. The predicted octanol–water partition coefficient (Wildman–Crippen LogP) is 2.78. The van der Waals surface area contributed by atoms with Crippen LogP contribution >= 0.6 is 0 Å². The van der Waals surface area contributed by atoms with Gasteiger partial charge >= 0.3 is 0 Å². The van der Waals surface area contributed by atoms with Gasteiger partial charge in [0, 0.05) is 12.1 Å². The van der Waals surface area contributed by atoms with E-state index >= 15 is 0 Å². The number of amides is 1. The maximum Gasteiger partial charge on any atom is 0.271 e. The lowest BCUT2D eigenvalue weighted by Crippen LogP contribution is -2.34. The summed E-state index contributed by atoms with van der Waals surface area (Å²) in [6, 6.07) is 10.5. The van der Waals surface area contributed by atoms with E-state index in [-0.39, 0.29) is 23.2 Å². The SMILES string of the molecule is C[C@H](NC(=O)c1cc(=O)n(-c2ccccc2)[nH]1)C1=CCCCC1. The van der Waals surface area contributed by atoms with E-state index in [2.05, 4.69) is 16.5 Å². The maximum absolute atomic E-state index is 12.4. The fraction of sp³-hybridized carbons (Fsp3) is 0.333. The van der Waals surface area contributed by atoms with E-state index in [4.69, 9.17) is 0 Å². The molecule has 0 bridgehead atoms. The highest BCUT2D eigenvalue weighted by Crippen LogP contribution is 2.20. The lowest BCUT2D eigenvalue weighted by atomic mass is 9.95. The zero-order valence-corrected chi connectivity index (χ0v) is 13.2. The summed E-state index contributed by atoms with van der Waals surface area (Å²) < 4.78 is 1.37. The van der Waals surface area contributed by atoms with Crippen LogP contribution in [0.2, 0.25) is 0 Å². The minimum atomic E-state index is -0.254. The molecular formula is C18H21N3O2. The molecule has 0 spiro atoms. The summed E-state index contributed by atoms with van der Waals surface area (Å²) in [6.07, 6.45) is 6.72. The van der Waals surface area contributed by atoms with Gasteiger partial charge in [0.05, 0.1) is 5.69 Å². The number of H-pyrrole nitrogens is 1. The van der Waals surface area contributed by atoms with Gasteiger partial charge in [0.25, 0.3) is 11.5 Å². The molecule has 1 aliphatic rings. The lowest BCUT2D eigenvalue weighted by Gasteiger charge is -2.20. The molecule has 2 N–H and O–H groups in total. The molecule has 5 nitrogen and oxygen atoms in total. The van der Waals surface area contributed by atoms with Gasteiger partial charge in [0.15, 0.2) is 0 Å². The van der Waals surface area contributed by atoms with Crippen molar-refractivity contribution in [2.75, 3.05) is 0 Å². The Balaban J connectivity index is 1.76. The van der Waals surface area contributed by atoms with Gasteiger partial charge in [-0.25, -0.2) is 4.68 Å². The van der Waals surface area contributed by atoms with Gasteiger partial charge in [-0.3, -0.25) is 14.7 Å². The Morgan fingerprint density at radius 2 is 2.04 bits per heavy atom. The Hall–Kier alpha value is -2.56. The second-order valence-corrected chi connectivity index (χ2v) is 5.90. The molecule has 0 saturated carbocycles. The molecule has 120 valence electrons. The monoisotopic (exact) mass is 311 g/mol. The van der Waals surface area contributed by atoms with Crippen molar-refractivity contribution in [1.82, 2.24) is 15.1 Å². The van der Waals surface area contributed by atoms with Crippen LogP contribution in [0.15, 0.2) is 52.8 Å². The zero-order valence-electron chi connectivity index (χ0n) is 13.2. The summed E-state index contributed by atoms with van der Waals surface area (Å²) in [6.45, 7) is 1.99. The number of nitrogens with zero attached hydrogens (tertiary/aromatic N) is 1. The number of allylic oxidation sites excluding steroid dienone is 1. The number of hydrogen-bond donors (Lipinski definition) is 2. The third kappa shape index (κ3) is 3.44. The molecule has 0 aliphatic heterocycles. The van der Waals surface area contributed by atoms with E-state index in [0.717, 1.165) is 12.8 Å². The molecule has 1 aliphatic carbocycles. The number of carbonyl (C=O) groups excluding carboxylic acids is 1. The average Bonchev–Trinajstić information content (AvgIpc) is 2.98. The number of rotatable bonds is 4. The van der Waals surface area contributed by atoms with Crippen LogP contribution in [0.25, 0.3) is 5.69 Å². The van der Waals surface area contributed by atoms with Gasteiger partial charge in [-0.1, -0.05) is 29.8 Å². The highest BCUT2D eigenvalue weighted by Gasteiger charge is 2.17. The first kappa shape index (κ1) is 15.3. The first-order chi connectivity index (χ1) is 11.1. The van der Waals surface area contributed by atoms with E-state index in [9.17, 15) is 9.59 Å². The minimum Gasteiger partial charge on any atom is -0.345 e. The molecule has 1 atom stereocenters. The number of aromatic amines is 1. The van der Waals surface area contributed by atoms with Crippen molar-refractivity contribution < 1.29 is 4.79 Å². The van der Waals surface area contributed by atoms with Crippen LogP contribution in [0.1, 0.15) is 43.1 Å². The quantitative estimate of drug-likeness (QED) is 0.853. The maximum atomic E-state index is 12.4. The molecule has 23 heavy (non-hydrogen) atoms. The van der Waals surface area contributed by atoms with Gasteiger partial charge in [0.2, 0.25) is 0 Å². The Bertz CT molecular complexity index is 771. The van der Waals surface area contributed by atoms with Crippen molar-refractivity contribution in [3.63, 3.8) is 0 Å². The molecule has 2 aromatic rings. The van der Waals surface area contributed by atoms with Gasteiger partial charge in [-0.05, 0) is 44.7 Å². The van der Waals surface area contributed by atoms with Crippen molar-refractivity contribution >= 4 is 5.91 Å².